The van der Waals surface area contributed by atoms with E-state index in [4.69, 9.17) is 11.6 Å². The summed E-state index contributed by atoms with van der Waals surface area (Å²) in [5.41, 5.74) is 3.79. The second-order valence-electron chi connectivity index (χ2n) is 4.57. The van der Waals surface area contributed by atoms with E-state index in [1.807, 2.05) is 49.4 Å². The van der Waals surface area contributed by atoms with Gasteiger partial charge in [0.1, 0.15) is 0 Å². The second kappa shape index (κ2) is 6.91. The second-order valence-corrected chi connectivity index (χ2v) is 5.63. The molecule has 0 saturated carbocycles. The summed E-state index contributed by atoms with van der Waals surface area (Å²) in [4.78, 5) is 12.2. The van der Waals surface area contributed by atoms with Gasteiger partial charge in [-0.1, -0.05) is 36.4 Å². The molecule has 2 nitrogen and oxygen atoms in total. The fraction of sp³-hybridized carbons (Fsp3) is 0.188. The summed E-state index contributed by atoms with van der Waals surface area (Å²) < 4.78 is 0.840. The van der Waals surface area contributed by atoms with Crippen molar-refractivity contribution in [2.45, 2.75) is 19.3 Å². The molecule has 0 spiro atoms. The van der Waals surface area contributed by atoms with Gasteiger partial charge < -0.3 is 5.32 Å². The van der Waals surface area contributed by atoms with Crippen LogP contribution in [0.5, 0.6) is 0 Å². The minimum absolute atomic E-state index is 0.0862. The maximum Gasteiger partial charge on any atom is 0.252 e. The number of nitrogens with one attached hydrogen (secondary N) is 1. The molecule has 0 bridgehead atoms. The van der Waals surface area contributed by atoms with Gasteiger partial charge in [-0.25, -0.2) is 0 Å². The van der Waals surface area contributed by atoms with Gasteiger partial charge >= 0.3 is 0 Å². The average molecular weight is 353 g/mol. The predicted molar refractivity (Wildman–Crippen MR) is 86.0 cm³/mol. The van der Waals surface area contributed by atoms with E-state index in [-0.39, 0.29) is 5.91 Å². The summed E-state index contributed by atoms with van der Waals surface area (Å²) in [5.74, 6) is 0.391. The molecule has 0 saturated heterocycles. The molecule has 104 valence electrons. The summed E-state index contributed by atoms with van der Waals surface area (Å²) in [6.07, 6.45) is 0. The lowest BCUT2D eigenvalue weighted by molar-refractivity contribution is 0.0950. The Kier molecular flexibility index (Phi) is 5.21. The van der Waals surface area contributed by atoms with E-state index in [0.29, 0.717) is 18.0 Å². The van der Waals surface area contributed by atoms with E-state index >= 15 is 0 Å². The lowest BCUT2D eigenvalue weighted by Gasteiger charge is -2.09. The van der Waals surface area contributed by atoms with E-state index < -0.39 is 0 Å². The molecule has 0 aromatic heterocycles. The number of carbonyl (C=O) groups excluding carboxylic acids is 1. The molecule has 0 fully saturated rings. The molecule has 0 aliphatic heterocycles. The Morgan fingerprint density at radius 3 is 2.65 bits per heavy atom. The fourth-order valence-electron chi connectivity index (χ4n) is 1.92. The smallest absolute Gasteiger partial charge is 0.252 e. The number of rotatable bonds is 4. The monoisotopic (exact) mass is 351 g/mol. The van der Waals surface area contributed by atoms with Gasteiger partial charge in [-0.3, -0.25) is 4.79 Å². The average Bonchev–Trinajstić information content (AvgIpc) is 2.48. The molecule has 20 heavy (non-hydrogen) atoms. The van der Waals surface area contributed by atoms with Crippen molar-refractivity contribution in [1.29, 1.82) is 0 Å². The van der Waals surface area contributed by atoms with Crippen LogP contribution >= 0.6 is 27.5 Å². The maximum atomic E-state index is 12.2. The Morgan fingerprint density at radius 1 is 1.20 bits per heavy atom. The molecule has 0 heterocycles. The summed E-state index contributed by atoms with van der Waals surface area (Å²) in [6, 6.07) is 13.5. The number of halogens is 2. The van der Waals surface area contributed by atoms with Gasteiger partial charge in [-0.2, -0.15) is 0 Å². The third kappa shape index (κ3) is 3.62. The topological polar surface area (TPSA) is 29.1 Å². The first kappa shape index (κ1) is 15.1. The van der Waals surface area contributed by atoms with Crippen LogP contribution in [-0.4, -0.2) is 5.91 Å². The molecule has 2 aromatic rings. The largest absolute Gasteiger partial charge is 0.348 e. The van der Waals surface area contributed by atoms with E-state index in [2.05, 4.69) is 21.2 Å². The molecule has 0 aliphatic rings. The summed E-state index contributed by atoms with van der Waals surface area (Å²) in [6.45, 7) is 2.45. The number of alkyl halides is 1. The third-order valence-corrected chi connectivity index (χ3v) is 4.40. The molecule has 2 aromatic carbocycles. The van der Waals surface area contributed by atoms with E-state index in [1.165, 1.54) is 0 Å². The highest BCUT2D eigenvalue weighted by Gasteiger charge is 2.10. The van der Waals surface area contributed by atoms with Crippen molar-refractivity contribution in [2.24, 2.45) is 0 Å². The van der Waals surface area contributed by atoms with E-state index in [0.717, 1.165) is 21.2 Å². The fourth-order valence-corrected chi connectivity index (χ4v) is 2.53. The Balaban J connectivity index is 2.06. The number of aryl methyl sites for hydroxylation is 1. The van der Waals surface area contributed by atoms with Crippen LogP contribution in [0.4, 0.5) is 0 Å². The molecule has 1 amide bonds. The van der Waals surface area contributed by atoms with Crippen molar-refractivity contribution in [2.75, 3.05) is 0 Å². The van der Waals surface area contributed by atoms with Crippen molar-refractivity contribution in [3.05, 3.63) is 69.2 Å². The first-order valence-corrected chi connectivity index (χ1v) is 7.61. The van der Waals surface area contributed by atoms with E-state index in [1.54, 1.807) is 0 Å². The molecule has 0 radical (unpaired) electrons. The lowest BCUT2D eigenvalue weighted by Crippen LogP contribution is -2.23. The Labute approximate surface area is 132 Å². The summed E-state index contributed by atoms with van der Waals surface area (Å²) >= 11 is 9.25. The molecular weight excluding hydrogens is 338 g/mol. The first-order chi connectivity index (χ1) is 9.61. The molecule has 0 atom stereocenters. The standard InChI is InChI=1S/C16H15BrClNO/c1-11-4-2-7-14(15(11)17)16(20)19-10-13-6-3-5-12(8-13)9-18/h2-8H,9-10H2,1H3,(H,19,20). The van der Waals surface area contributed by atoms with Gasteiger partial charge in [0.15, 0.2) is 0 Å². The minimum atomic E-state index is -0.0862. The highest BCUT2D eigenvalue weighted by molar-refractivity contribution is 9.10. The molecular formula is C16H15BrClNO. The van der Waals surface area contributed by atoms with Crippen LogP contribution in [0, 0.1) is 6.92 Å². The maximum absolute atomic E-state index is 12.2. The van der Waals surface area contributed by atoms with Crippen molar-refractivity contribution < 1.29 is 4.79 Å². The van der Waals surface area contributed by atoms with Gasteiger partial charge in [0.05, 0.1) is 5.56 Å². The van der Waals surface area contributed by atoms with Crippen LogP contribution in [0.25, 0.3) is 0 Å². The van der Waals surface area contributed by atoms with Crippen molar-refractivity contribution in [3.63, 3.8) is 0 Å². The zero-order valence-electron chi connectivity index (χ0n) is 11.1. The van der Waals surface area contributed by atoms with Crippen LogP contribution in [0.1, 0.15) is 27.0 Å². The van der Waals surface area contributed by atoms with E-state index in [9.17, 15) is 4.79 Å². The zero-order chi connectivity index (χ0) is 14.5. The molecule has 0 aliphatic carbocycles. The van der Waals surface area contributed by atoms with Gasteiger partial charge in [0, 0.05) is 16.9 Å². The van der Waals surface area contributed by atoms with Crippen LogP contribution in [0.3, 0.4) is 0 Å². The van der Waals surface area contributed by atoms with Crippen molar-refractivity contribution in [3.8, 4) is 0 Å². The molecule has 0 unspecified atom stereocenters. The minimum Gasteiger partial charge on any atom is -0.348 e. The number of amides is 1. The quantitative estimate of drug-likeness (QED) is 0.811. The first-order valence-electron chi connectivity index (χ1n) is 6.29. The van der Waals surface area contributed by atoms with Crippen LogP contribution in [0.2, 0.25) is 0 Å². The van der Waals surface area contributed by atoms with Gasteiger partial charge in [-0.05, 0) is 45.6 Å². The number of benzene rings is 2. The van der Waals surface area contributed by atoms with Gasteiger partial charge in [0.25, 0.3) is 5.91 Å². The van der Waals surface area contributed by atoms with Crippen molar-refractivity contribution >= 4 is 33.4 Å². The lowest BCUT2D eigenvalue weighted by atomic mass is 10.1. The Morgan fingerprint density at radius 2 is 1.90 bits per heavy atom. The van der Waals surface area contributed by atoms with Crippen LogP contribution in [0.15, 0.2) is 46.9 Å². The third-order valence-electron chi connectivity index (χ3n) is 3.04. The normalized spacial score (nSPS) is 10.3. The Bertz CT molecular complexity index is 628. The zero-order valence-corrected chi connectivity index (χ0v) is 13.5. The Hall–Kier alpha value is -1.32. The molecule has 4 heteroatoms. The number of carbonyl (C=O) groups is 1. The van der Waals surface area contributed by atoms with Gasteiger partial charge in [-0.15, -0.1) is 11.6 Å². The molecule has 1 N–H and O–H groups in total. The van der Waals surface area contributed by atoms with Crippen LogP contribution in [-0.2, 0) is 12.4 Å². The SMILES string of the molecule is Cc1cccc(C(=O)NCc2cccc(CCl)c2)c1Br. The predicted octanol–water partition coefficient (Wildman–Crippen LogP) is 4.43. The highest BCUT2D eigenvalue weighted by atomic mass is 79.9. The summed E-state index contributed by atoms with van der Waals surface area (Å²) in [7, 11) is 0. The highest BCUT2D eigenvalue weighted by Crippen LogP contribution is 2.21. The van der Waals surface area contributed by atoms with Gasteiger partial charge in [0.2, 0.25) is 0 Å². The van der Waals surface area contributed by atoms with Crippen LogP contribution < -0.4 is 5.32 Å². The molecule has 2 rings (SSSR count). The summed E-state index contributed by atoms with van der Waals surface area (Å²) in [5, 5.41) is 2.92. The number of hydrogen-bond acceptors (Lipinski definition) is 1. The number of hydrogen-bond donors (Lipinski definition) is 1. The van der Waals surface area contributed by atoms with Crippen molar-refractivity contribution in [1.82, 2.24) is 5.32 Å².